The van der Waals surface area contributed by atoms with Gasteiger partial charge < -0.3 is 4.74 Å². The van der Waals surface area contributed by atoms with Crippen molar-refractivity contribution in [2.75, 3.05) is 0 Å². The summed E-state index contributed by atoms with van der Waals surface area (Å²) in [6.45, 7) is 8.21. The average molecular weight is 359 g/mol. The summed E-state index contributed by atoms with van der Waals surface area (Å²) in [5, 5.41) is 0. The van der Waals surface area contributed by atoms with Gasteiger partial charge in [0.2, 0.25) is 0 Å². The third-order valence-electron chi connectivity index (χ3n) is 8.88. The maximum atomic E-state index is 12.2. The molecule has 0 saturated heterocycles. The normalized spacial score (nSPS) is 47.2. The van der Waals surface area contributed by atoms with Gasteiger partial charge in [-0.3, -0.25) is 9.59 Å². The lowest BCUT2D eigenvalue weighted by atomic mass is 9.47. The Hall–Kier alpha value is -1.12. The first-order valence-electron chi connectivity index (χ1n) is 10.6. The van der Waals surface area contributed by atoms with E-state index in [2.05, 4.69) is 19.9 Å². The quantitative estimate of drug-likeness (QED) is 0.510. The molecule has 0 aromatic heterocycles. The van der Waals surface area contributed by atoms with Gasteiger partial charge in [0.15, 0.2) is 0 Å². The predicted octanol–water partition coefficient (Wildman–Crippen LogP) is 5.09. The van der Waals surface area contributed by atoms with Crippen LogP contribution in [0.2, 0.25) is 0 Å². The van der Waals surface area contributed by atoms with Gasteiger partial charge in [0, 0.05) is 19.3 Å². The highest BCUT2D eigenvalue weighted by Gasteiger charge is 2.59. The molecule has 3 heteroatoms. The summed E-state index contributed by atoms with van der Waals surface area (Å²) in [6.07, 6.45) is 11.6. The minimum Gasteiger partial charge on any atom is -0.462 e. The van der Waals surface area contributed by atoms with Crippen molar-refractivity contribution in [3.8, 4) is 0 Å². The van der Waals surface area contributed by atoms with Crippen LogP contribution in [-0.4, -0.2) is 17.9 Å². The molecule has 0 N–H and O–H groups in total. The van der Waals surface area contributed by atoms with E-state index >= 15 is 0 Å². The van der Waals surface area contributed by atoms with Gasteiger partial charge in [-0.15, -0.1) is 0 Å². The van der Waals surface area contributed by atoms with Gasteiger partial charge in [-0.2, -0.15) is 0 Å². The maximum Gasteiger partial charge on any atom is 0.302 e. The van der Waals surface area contributed by atoms with E-state index in [1.54, 1.807) is 12.5 Å². The monoisotopic (exact) mass is 358 g/mol. The summed E-state index contributed by atoms with van der Waals surface area (Å²) in [7, 11) is 0. The summed E-state index contributed by atoms with van der Waals surface area (Å²) >= 11 is 0. The molecule has 0 radical (unpaired) electrons. The van der Waals surface area contributed by atoms with E-state index in [-0.39, 0.29) is 28.8 Å². The summed E-state index contributed by atoms with van der Waals surface area (Å²) in [6, 6.07) is 0. The van der Waals surface area contributed by atoms with Crippen LogP contribution in [0.4, 0.5) is 0 Å². The fourth-order valence-corrected chi connectivity index (χ4v) is 7.63. The number of hydrogen-bond donors (Lipinski definition) is 0. The van der Waals surface area contributed by atoms with E-state index in [4.69, 9.17) is 4.74 Å². The zero-order valence-electron chi connectivity index (χ0n) is 16.8. The molecule has 0 heterocycles. The third kappa shape index (κ3) is 2.60. The Morgan fingerprint density at radius 1 is 1.04 bits per heavy atom. The lowest BCUT2D eigenvalue weighted by Crippen LogP contribution is -2.51. The van der Waals surface area contributed by atoms with Gasteiger partial charge in [0.05, 0.1) is 0 Å². The molecule has 7 atom stereocenters. The molecule has 26 heavy (non-hydrogen) atoms. The Balaban J connectivity index is 1.59. The fraction of sp³-hybridized carbons (Fsp3) is 0.826. The van der Waals surface area contributed by atoms with Crippen molar-refractivity contribution < 1.29 is 14.3 Å². The molecule has 0 aliphatic heterocycles. The van der Waals surface area contributed by atoms with Gasteiger partial charge >= 0.3 is 5.97 Å². The Labute approximate surface area is 157 Å². The Kier molecular flexibility index (Phi) is 4.36. The minimum atomic E-state index is -0.150. The first-order chi connectivity index (χ1) is 12.3. The SMILES string of the molecule is CC(=O)O[C@H]1CC[C@@]2(C)C(=CC[C@H]3[C@H]2CC[C@]2(C)[C@@H](C(C)=O)CC[C@@H]32)C1. The number of allylic oxidation sites excluding steroid dienone is 1. The number of hydrogen-bond acceptors (Lipinski definition) is 3. The van der Waals surface area contributed by atoms with Gasteiger partial charge in [-0.1, -0.05) is 25.5 Å². The van der Waals surface area contributed by atoms with E-state index < -0.39 is 0 Å². The van der Waals surface area contributed by atoms with Crippen molar-refractivity contribution in [1.29, 1.82) is 0 Å². The molecule has 3 nitrogen and oxygen atoms in total. The van der Waals surface area contributed by atoms with Crippen LogP contribution < -0.4 is 0 Å². The summed E-state index contributed by atoms with van der Waals surface area (Å²) in [5.41, 5.74) is 2.04. The molecule has 0 aromatic carbocycles. The molecule has 3 saturated carbocycles. The van der Waals surface area contributed by atoms with Crippen LogP contribution in [0.3, 0.4) is 0 Å². The molecule has 0 spiro atoms. The van der Waals surface area contributed by atoms with E-state index in [0.717, 1.165) is 43.9 Å². The summed E-state index contributed by atoms with van der Waals surface area (Å²) in [5.74, 6) is 2.72. The first-order valence-corrected chi connectivity index (χ1v) is 10.6. The number of ketones is 1. The van der Waals surface area contributed by atoms with Crippen LogP contribution in [0, 0.1) is 34.5 Å². The highest BCUT2D eigenvalue weighted by atomic mass is 16.5. The maximum absolute atomic E-state index is 12.2. The minimum absolute atomic E-state index is 0.0748. The highest BCUT2D eigenvalue weighted by molar-refractivity contribution is 5.79. The van der Waals surface area contributed by atoms with Crippen molar-refractivity contribution >= 4 is 11.8 Å². The molecule has 4 aliphatic rings. The average Bonchev–Trinajstić information content (AvgIpc) is 2.92. The Morgan fingerprint density at radius 2 is 1.81 bits per heavy atom. The predicted molar refractivity (Wildman–Crippen MR) is 101 cm³/mol. The topological polar surface area (TPSA) is 43.4 Å². The second kappa shape index (κ2) is 6.21. The number of fused-ring (bicyclic) bond motifs is 5. The van der Waals surface area contributed by atoms with Gasteiger partial charge in [0.25, 0.3) is 0 Å². The number of rotatable bonds is 2. The van der Waals surface area contributed by atoms with Gasteiger partial charge in [0.1, 0.15) is 11.9 Å². The van der Waals surface area contributed by atoms with Gasteiger partial charge in [-0.25, -0.2) is 0 Å². The van der Waals surface area contributed by atoms with Gasteiger partial charge in [-0.05, 0) is 80.5 Å². The fourth-order valence-electron chi connectivity index (χ4n) is 7.63. The van der Waals surface area contributed by atoms with Crippen LogP contribution in [0.15, 0.2) is 11.6 Å². The second-order valence-corrected chi connectivity index (χ2v) is 10.0. The molecule has 0 unspecified atom stereocenters. The summed E-state index contributed by atoms with van der Waals surface area (Å²) < 4.78 is 5.53. The second-order valence-electron chi connectivity index (χ2n) is 10.0. The molecule has 4 rings (SSSR count). The van der Waals surface area contributed by atoms with E-state index in [1.165, 1.54) is 26.2 Å². The number of Topliss-reactive ketones (excluding diaryl/α,β-unsaturated/α-hetero) is 1. The van der Waals surface area contributed by atoms with Crippen molar-refractivity contribution in [1.82, 2.24) is 0 Å². The lowest BCUT2D eigenvalue weighted by molar-refractivity contribution is -0.149. The number of carbonyl (C=O) groups excluding carboxylic acids is 2. The highest BCUT2D eigenvalue weighted by Crippen LogP contribution is 2.66. The molecule has 3 fully saturated rings. The molecular weight excluding hydrogens is 324 g/mol. The largest absolute Gasteiger partial charge is 0.462 e. The van der Waals surface area contributed by atoms with Crippen molar-refractivity contribution in [3.63, 3.8) is 0 Å². The number of carbonyl (C=O) groups is 2. The molecule has 0 aromatic rings. The number of ether oxygens (including phenoxy) is 1. The smallest absolute Gasteiger partial charge is 0.302 e. The molecule has 0 bridgehead atoms. The van der Waals surface area contributed by atoms with Crippen LogP contribution in [-0.2, 0) is 14.3 Å². The molecular formula is C23H34O3. The standard InChI is InChI=1S/C23H34O3/c1-14(24)19-7-8-20-18-6-5-16-13-17(26-15(2)25)9-11-22(16,3)21(18)10-12-23(19,20)4/h5,17-21H,6-13H2,1-4H3/t17-,18+,19+,20-,21+,22-,23+/m0/s1. The Morgan fingerprint density at radius 3 is 2.50 bits per heavy atom. The van der Waals surface area contributed by atoms with Crippen molar-refractivity contribution in [3.05, 3.63) is 11.6 Å². The molecule has 0 amide bonds. The van der Waals surface area contributed by atoms with Crippen LogP contribution in [0.5, 0.6) is 0 Å². The van der Waals surface area contributed by atoms with Crippen LogP contribution in [0.1, 0.15) is 79.1 Å². The van der Waals surface area contributed by atoms with E-state index in [0.29, 0.717) is 11.7 Å². The van der Waals surface area contributed by atoms with Crippen molar-refractivity contribution in [2.24, 2.45) is 34.5 Å². The number of esters is 1. The zero-order chi connectivity index (χ0) is 18.7. The Bertz CT molecular complexity index is 650. The lowest BCUT2D eigenvalue weighted by Gasteiger charge is -2.58. The van der Waals surface area contributed by atoms with E-state index in [1.807, 2.05) is 0 Å². The summed E-state index contributed by atoms with van der Waals surface area (Å²) in [4.78, 5) is 23.6. The van der Waals surface area contributed by atoms with Crippen LogP contribution in [0.25, 0.3) is 0 Å². The zero-order valence-corrected chi connectivity index (χ0v) is 16.8. The van der Waals surface area contributed by atoms with E-state index in [9.17, 15) is 9.59 Å². The van der Waals surface area contributed by atoms with Crippen molar-refractivity contribution in [2.45, 2.75) is 85.2 Å². The third-order valence-corrected chi connectivity index (χ3v) is 8.88. The molecule has 144 valence electrons. The molecule has 4 aliphatic carbocycles. The van der Waals surface area contributed by atoms with Crippen LogP contribution >= 0.6 is 0 Å². The first kappa shape index (κ1) is 18.3.